The highest BCUT2D eigenvalue weighted by Gasteiger charge is 2.34. The van der Waals surface area contributed by atoms with E-state index in [1.54, 1.807) is 25.1 Å². The molecule has 10 heteroatoms. The minimum atomic E-state index is -4.32. The summed E-state index contributed by atoms with van der Waals surface area (Å²) in [5.41, 5.74) is 0.504. The van der Waals surface area contributed by atoms with Crippen molar-refractivity contribution < 1.29 is 22.4 Å². The number of hydrogen-bond donors (Lipinski definition) is 1. The quantitative estimate of drug-likeness (QED) is 0.314. The molecule has 0 heterocycles. The standard InChI is InChI=1S/C30H33BrFN3O4S/c1-22(30(37)33-25-13-4-2-5-14-25)34(20-23-11-10-12-24(31)19-23)29(36)21-35(28-18-9-8-17-27(28)32)40(38,39)26-15-6-3-7-16-26/h3,6-12,15-19,22,25H,2,4-5,13-14,20-21H2,1H3,(H,33,37)/t22-/m0/s1. The molecule has 1 saturated carbocycles. The molecule has 212 valence electrons. The van der Waals surface area contributed by atoms with Gasteiger partial charge in [-0.3, -0.25) is 13.9 Å². The molecule has 0 spiro atoms. The van der Waals surface area contributed by atoms with Gasteiger partial charge in [-0.25, -0.2) is 12.8 Å². The summed E-state index contributed by atoms with van der Waals surface area (Å²) in [4.78, 5) is 28.6. The second kappa shape index (κ2) is 13.4. The van der Waals surface area contributed by atoms with Crippen molar-refractivity contribution in [2.45, 2.75) is 62.6 Å². The zero-order valence-electron chi connectivity index (χ0n) is 22.3. The highest BCUT2D eigenvalue weighted by atomic mass is 79.9. The van der Waals surface area contributed by atoms with Gasteiger partial charge in [0.2, 0.25) is 11.8 Å². The number of amides is 2. The Morgan fingerprint density at radius 1 is 0.975 bits per heavy atom. The molecule has 1 N–H and O–H groups in total. The van der Waals surface area contributed by atoms with E-state index in [4.69, 9.17) is 0 Å². The van der Waals surface area contributed by atoms with Crippen molar-refractivity contribution in [2.24, 2.45) is 0 Å². The summed E-state index contributed by atoms with van der Waals surface area (Å²) in [5, 5.41) is 3.07. The number of sulfonamides is 1. The van der Waals surface area contributed by atoms with Gasteiger partial charge < -0.3 is 10.2 Å². The zero-order chi connectivity index (χ0) is 28.7. The maximum atomic E-state index is 15.0. The van der Waals surface area contributed by atoms with E-state index >= 15 is 0 Å². The Bertz CT molecular complexity index is 1430. The van der Waals surface area contributed by atoms with Gasteiger partial charge in [0.05, 0.1) is 10.6 Å². The fourth-order valence-corrected chi connectivity index (χ4v) is 6.76. The first-order valence-electron chi connectivity index (χ1n) is 13.3. The van der Waals surface area contributed by atoms with Crippen LogP contribution in [0.15, 0.2) is 88.2 Å². The molecule has 40 heavy (non-hydrogen) atoms. The zero-order valence-corrected chi connectivity index (χ0v) is 24.7. The van der Waals surface area contributed by atoms with Crippen LogP contribution in [0.3, 0.4) is 0 Å². The minimum Gasteiger partial charge on any atom is -0.352 e. The Kier molecular flexibility index (Phi) is 9.97. The van der Waals surface area contributed by atoms with Crippen LogP contribution < -0.4 is 9.62 Å². The first-order valence-corrected chi connectivity index (χ1v) is 15.6. The van der Waals surface area contributed by atoms with E-state index < -0.39 is 34.3 Å². The molecule has 0 saturated heterocycles. The Morgan fingerprint density at radius 3 is 2.33 bits per heavy atom. The summed E-state index contributed by atoms with van der Waals surface area (Å²) < 4.78 is 44.0. The highest BCUT2D eigenvalue weighted by molar-refractivity contribution is 9.10. The first-order chi connectivity index (χ1) is 19.2. The van der Waals surface area contributed by atoms with Crippen molar-refractivity contribution in [3.8, 4) is 0 Å². The van der Waals surface area contributed by atoms with Gasteiger partial charge in [0.25, 0.3) is 10.0 Å². The molecule has 1 atom stereocenters. The molecule has 1 aliphatic carbocycles. The van der Waals surface area contributed by atoms with E-state index in [0.717, 1.165) is 52.5 Å². The molecular formula is C30H33BrFN3O4S. The number of carbonyl (C=O) groups excluding carboxylic acids is 2. The topological polar surface area (TPSA) is 86.8 Å². The predicted molar refractivity (Wildman–Crippen MR) is 157 cm³/mol. The molecule has 0 unspecified atom stereocenters. The van der Waals surface area contributed by atoms with Crippen LogP contribution in [0.5, 0.6) is 0 Å². The van der Waals surface area contributed by atoms with E-state index in [-0.39, 0.29) is 29.1 Å². The molecule has 3 aromatic rings. The monoisotopic (exact) mass is 629 g/mol. The Balaban J connectivity index is 1.68. The fourth-order valence-electron chi connectivity index (χ4n) is 4.87. The van der Waals surface area contributed by atoms with E-state index in [0.29, 0.717) is 0 Å². The lowest BCUT2D eigenvalue weighted by Crippen LogP contribution is -2.53. The average Bonchev–Trinajstić information content (AvgIpc) is 2.95. The summed E-state index contributed by atoms with van der Waals surface area (Å²) in [6.07, 6.45) is 4.98. The third-order valence-electron chi connectivity index (χ3n) is 7.09. The fraction of sp³-hybridized carbons (Fsp3) is 0.333. The largest absolute Gasteiger partial charge is 0.352 e. The van der Waals surface area contributed by atoms with E-state index in [2.05, 4.69) is 21.2 Å². The molecule has 7 nitrogen and oxygen atoms in total. The van der Waals surface area contributed by atoms with Crippen molar-refractivity contribution >= 4 is 43.5 Å². The molecular weight excluding hydrogens is 597 g/mol. The van der Waals surface area contributed by atoms with Crippen LogP contribution in [0, 0.1) is 5.82 Å². The molecule has 1 fully saturated rings. The normalized spacial score (nSPS) is 14.8. The molecule has 2 amide bonds. The van der Waals surface area contributed by atoms with E-state index in [9.17, 15) is 22.4 Å². The number of rotatable bonds is 10. The maximum absolute atomic E-state index is 15.0. The smallest absolute Gasteiger partial charge is 0.264 e. The van der Waals surface area contributed by atoms with Crippen molar-refractivity contribution in [2.75, 3.05) is 10.8 Å². The van der Waals surface area contributed by atoms with Crippen molar-refractivity contribution in [3.05, 3.63) is 94.7 Å². The lowest BCUT2D eigenvalue weighted by atomic mass is 9.95. The molecule has 3 aromatic carbocycles. The number of para-hydroxylation sites is 1. The van der Waals surface area contributed by atoms with E-state index in [1.165, 1.54) is 35.2 Å². The first kappa shape index (κ1) is 29.7. The molecule has 0 aliphatic heterocycles. The number of carbonyl (C=O) groups is 2. The SMILES string of the molecule is C[C@@H](C(=O)NC1CCCCC1)N(Cc1cccc(Br)c1)C(=O)CN(c1ccccc1F)S(=O)(=O)c1ccccc1. The molecule has 0 radical (unpaired) electrons. The third kappa shape index (κ3) is 7.28. The Morgan fingerprint density at radius 2 is 1.65 bits per heavy atom. The van der Waals surface area contributed by atoms with Crippen molar-refractivity contribution in [3.63, 3.8) is 0 Å². The van der Waals surface area contributed by atoms with Gasteiger partial charge >= 0.3 is 0 Å². The van der Waals surface area contributed by atoms with Crippen LogP contribution in [0.4, 0.5) is 10.1 Å². The minimum absolute atomic E-state index is 0.0416. The van der Waals surface area contributed by atoms with Crippen LogP contribution in [0.1, 0.15) is 44.6 Å². The lowest BCUT2D eigenvalue weighted by molar-refractivity contribution is -0.139. The number of benzene rings is 3. The number of hydrogen-bond acceptors (Lipinski definition) is 4. The van der Waals surface area contributed by atoms with Crippen molar-refractivity contribution in [1.29, 1.82) is 0 Å². The molecule has 4 rings (SSSR count). The molecule has 0 aromatic heterocycles. The molecule has 1 aliphatic rings. The van der Waals surface area contributed by atoms with Gasteiger partial charge in [0, 0.05) is 17.1 Å². The second-order valence-electron chi connectivity index (χ2n) is 9.95. The van der Waals surface area contributed by atoms with Crippen LogP contribution in [-0.2, 0) is 26.2 Å². The average molecular weight is 631 g/mol. The number of nitrogens with one attached hydrogen (secondary N) is 1. The summed E-state index contributed by atoms with van der Waals surface area (Å²) in [5.74, 6) is -1.72. The summed E-state index contributed by atoms with van der Waals surface area (Å²) in [7, 11) is -4.32. The molecule has 0 bridgehead atoms. The van der Waals surface area contributed by atoms with Crippen LogP contribution in [0.25, 0.3) is 0 Å². The van der Waals surface area contributed by atoms with Crippen LogP contribution >= 0.6 is 15.9 Å². The van der Waals surface area contributed by atoms with Gasteiger partial charge in [-0.1, -0.05) is 77.7 Å². The summed E-state index contributed by atoms with van der Waals surface area (Å²) >= 11 is 3.44. The predicted octanol–water partition coefficient (Wildman–Crippen LogP) is 5.65. The second-order valence-corrected chi connectivity index (χ2v) is 12.7. The highest BCUT2D eigenvalue weighted by Crippen LogP contribution is 2.27. The van der Waals surface area contributed by atoms with Gasteiger partial charge in [0.15, 0.2) is 0 Å². The van der Waals surface area contributed by atoms with Gasteiger partial charge in [-0.15, -0.1) is 0 Å². The summed E-state index contributed by atoms with van der Waals surface area (Å²) in [6, 6.07) is 19.5. The summed E-state index contributed by atoms with van der Waals surface area (Å²) in [6.45, 7) is 1.01. The Labute approximate surface area is 243 Å². The number of anilines is 1. The van der Waals surface area contributed by atoms with Crippen molar-refractivity contribution in [1.82, 2.24) is 10.2 Å². The maximum Gasteiger partial charge on any atom is 0.264 e. The van der Waals surface area contributed by atoms with Gasteiger partial charge in [-0.2, -0.15) is 0 Å². The van der Waals surface area contributed by atoms with Gasteiger partial charge in [0.1, 0.15) is 18.4 Å². The van der Waals surface area contributed by atoms with E-state index in [1.807, 2.05) is 24.3 Å². The number of halogens is 2. The van der Waals surface area contributed by atoms with Crippen LogP contribution in [-0.4, -0.2) is 43.8 Å². The third-order valence-corrected chi connectivity index (χ3v) is 9.36. The number of nitrogens with zero attached hydrogens (tertiary/aromatic N) is 2. The lowest BCUT2D eigenvalue weighted by Gasteiger charge is -2.33. The Hall–Kier alpha value is -3.24. The van der Waals surface area contributed by atoms with Crippen LogP contribution in [0.2, 0.25) is 0 Å². The van der Waals surface area contributed by atoms with Gasteiger partial charge in [-0.05, 0) is 61.7 Å².